The summed E-state index contributed by atoms with van der Waals surface area (Å²) in [5.41, 5.74) is 2.32. The number of aliphatic hydroxyl groups excluding tert-OH is 1. The molecular weight excluding hydrogens is 320 g/mol. The van der Waals surface area contributed by atoms with Crippen molar-refractivity contribution in [1.82, 2.24) is 4.98 Å². The Labute approximate surface area is 143 Å². The predicted molar refractivity (Wildman–Crippen MR) is 94.3 cm³/mol. The highest BCUT2D eigenvalue weighted by molar-refractivity contribution is 5.83. The SMILES string of the molecule is N#Cc1ccc(N[C@H](CO)Cc2c[nH]c3ccccc23)c([N+](=O)[O-])c1. The highest BCUT2D eigenvalue weighted by Crippen LogP contribution is 2.27. The lowest BCUT2D eigenvalue weighted by atomic mass is 10.0. The van der Waals surface area contributed by atoms with Gasteiger partial charge in [0.25, 0.3) is 5.69 Å². The molecule has 3 rings (SSSR count). The molecule has 0 spiro atoms. The number of H-pyrrole nitrogens is 1. The topological polar surface area (TPSA) is 115 Å². The summed E-state index contributed by atoms with van der Waals surface area (Å²) in [6.45, 7) is -0.184. The molecule has 0 amide bonds. The molecule has 0 aliphatic rings. The summed E-state index contributed by atoms with van der Waals surface area (Å²) >= 11 is 0. The van der Waals surface area contributed by atoms with Crippen LogP contribution in [0.1, 0.15) is 11.1 Å². The number of nitrogens with zero attached hydrogens (tertiary/aromatic N) is 2. The van der Waals surface area contributed by atoms with Gasteiger partial charge in [0.05, 0.1) is 29.2 Å². The van der Waals surface area contributed by atoms with E-state index in [1.54, 1.807) is 0 Å². The van der Waals surface area contributed by atoms with Crippen molar-refractivity contribution >= 4 is 22.3 Å². The van der Waals surface area contributed by atoms with Crippen LogP contribution in [0.15, 0.2) is 48.7 Å². The van der Waals surface area contributed by atoms with Gasteiger partial charge >= 0.3 is 0 Å². The maximum absolute atomic E-state index is 11.2. The van der Waals surface area contributed by atoms with Crippen LogP contribution in [0, 0.1) is 21.4 Å². The van der Waals surface area contributed by atoms with Gasteiger partial charge in [-0.1, -0.05) is 18.2 Å². The normalized spacial score (nSPS) is 11.8. The van der Waals surface area contributed by atoms with Crippen LogP contribution in [0.5, 0.6) is 0 Å². The molecule has 25 heavy (non-hydrogen) atoms. The van der Waals surface area contributed by atoms with Crippen molar-refractivity contribution in [1.29, 1.82) is 5.26 Å². The van der Waals surface area contributed by atoms with Crippen LogP contribution < -0.4 is 5.32 Å². The molecule has 0 radical (unpaired) electrons. The molecule has 0 aliphatic heterocycles. The monoisotopic (exact) mass is 336 g/mol. The minimum atomic E-state index is -0.538. The number of benzene rings is 2. The number of nitro benzene ring substituents is 1. The van der Waals surface area contributed by atoms with E-state index >= 15 is 0 Å². The minimum absolute atomic E-state index is 0.184. The first-order valence-electron chi connectivity index (χ1n) is 7.73. The highest BCUT2D eigenvalue weighted by atomic mass is 16.6. The Balaban J connectivity index is 1.85. The van der Waals surface area contributed by atoms with E-state index in [0.29, 0.717) is 6.42 Å². The highest BCUT2D eigenvalue weighted by Gasteiger charge is 2.19. The number of aromatic amines is 1. The zero-order valence-electron chi connectivity index (χ0n) is 13.3. The van der Waals surface area contributed by atoms with Gasteiger partial charge in [-0.15, -0.1) is 0 Å². The van der Waals surface area contributed by atoms with Crippen molar-refractivity contribution in [2.45, 2.75) is 12.5 Å². The van der Waals surface area contributed by atoms with Gasteiger partial charge in [0.1, 0.15) is 5.69 Å². The number of fused-ring (bicyclic) bond motifs is 1. The van der Waals surface area contributed by atoms with Gasteiger partial charge in [0.15, 0.2) is 0 Å². The van der Waals surface area contributed by atoms with Crippen LogP contribution >= 0.6 is 0 Å². The molecule has 3 N–H and O–H groups in total. The van der Waals surface area contributed by atoms with E-state index < -0.39 is 11.0 Å². The van der Waals surface area contributed by atoms with Gasteiger partial charge in [-0.3, -0.25) is 10.1 Å². The van der Waals surface area contributed by atoms with E-state index in [4.69, 9.17) is 5.26 Å². The number of anilines is 1. The van der Waals surface area contributed by atoms with Crippen molar-refractivity contribution in [3.8, 4) is 6.07 Å². The molecule has 0 aliphatic carbocycles. The quantitative estimate of drug-likeness (QED) is 0.473. The zero-order chi connectivity index (χ0) is 17.8. The second-order valence-corrected chi connectivity index (χ2v) is 5.69. The maximum atomic E-state index is 11.2. The summed E-state index contributed by atoms with van der Waals surface area (Å²) in [5, 5.41) is 33.9. The van der Waals surface area contributed by atoms with Crippen molar-refractivity contribution < 1.29 is 10.0 Å². The summed E-state index contributed by atoms with van der Waals surface area (Å²) < 4.78 is 0. The number of para-hydroxylation sites is 1. The number of hydrogen-bond donors (Lipinski definition) is 3. The number of rotatable bonds is 6. The molecule has 0 saturated heterocycles. The van der Waals surface area contributed by atoms with Crippen molar-refractivity contribution in [3.63, 3.8) is 0 Å². The van der Waals surface area contributed by atoms with Gasteiger partial charge in [-0.2, -0.15) is 5.26 Å². The fourth-order valence-corrected chi connectivity index (χ4v) is 2.82. The second kappa shape index (κ2) is 7.03. The molecule has 7 nitrogen and oxygen atoms in total. The summed E-state index contributed by atoms with van der Waals surface area (Å²) in [5.74, 6) is 0. The van der Waals surface area contributed by atoms with Crippen molar-refractivity contribution in [2.75, 3.05) is 11.9 Å². The van der Waals surface area contributed by atoms with Gasteiger partial charge in [0.2, 0.25) is 0 Å². The molecule has 0 bridgehead atoms. The van der Waals surface area contributed by atoms with E-state index in [1.807, 2.05) is 36.5 Å². The Hall–Kier alpha value is -3.37. The van der Waals surface area contributed by atoms with Crippen LogP contribution in [0.25, 0.3) is 10.9 Å². The molecule has 0 fully saturated rings. The molecule has 1 heterocycles. The molecule has 7 heteroatoms. The Morgan fingerprint density at radius 2 is 2.12 bits per heavy atom. The first kappa shape index (κ1) is 16.5. The fraction of sp³-hybridized carbons (Fsp3) is 0.167. The van der Waals surface area contributed by atoms with Crippen LogP contribution in [-0.2, 0) is 6.42 Å². The number of nitro groups is 1. The van der Waals surface area contributed by atoms with Crippen LogP contribution in [0.2, 0.25) is 0 Å². The van der Waals surface area contributed by atoms with E-state index in [1.165, 1.54) is 18.2 Å². The lowest BCUT2D eigenvalue weighted by Gasteiger charge is -2.17. The van der Waals surface area contributed by atoms with Crippen LogP contribution in [-0.4, -0.2) is 27.7 Å². The van der Waals surface area contributed by atoms with Crippen molar-refractivity contribution in [2.24, 2.45) is 0 Å². The summed E-state index contributed by atoms with van der Waals surface area (Å²) in [6.07, 6.45) is 2.37. The predicted octanol–water partition coefficient (Wildman–Crippen LogP) is 2.96. The molecule has 2 aromatic carbocycles. The number of aromatic nitrogens is 1. The van der Waals surface area contributed by atoms with E-state index in [2.05, 4.69) is 10.3 Å². The first-order chi connectivity index (χ1) is 12.1. The fourth-order valence-electron chi connectivity index (χ4n) is 2.82. The number of hydrogen-bond acceptors (Lipinski definition) is 5. The Kier molecular flexibility index (Phi) is 4.64. The lowest BCUT2D eigenvalue weighted by molar-refractivity contribution is -0.384. The Morgan fingerprint density at radius 3 is 2.84 bits per heavy atom. The third kappa shape index (κ3) is 3.44. The molecular formula is C18H16N4O3. The minimum Gasteiger partial charge on any atom is -0.394 e. The first-order valence-corrected chi connectivity index (χ1v) is 7.73. The van der Waals surface area contributed by atoms with E-state index in [9.17, 15) is 15.2 Å². The molecule has 0 unspecified atom stereocenters. The van der Waals surface area contributed by atoms with E-state index in [-0.39, 0.29) is 23.5 Å². The Bertz CT molecular complexity index is 958. The summed E-state index contributed by atoms with van der Waals surface area (Å²) in [4.78, 5) is 13.9. The van der Waals surface area contributed by atoms with Gasteiger partial charge in [0, 0.05) is 23.2 Å². The van der Waals surface area contributed by atoms with Crippen molar-refractivity contribution in [3.05, 3.63) is 69.9 Å². The second-order valence-electron chi connectivity index (χ2n) is 5.69. The largest absolute Gasteiger partial charge is 0.394 e. The summed E-state index contributed by atoms with van der Waals surface area (Å²) in [7, 11) is 0. The zero-order valence-corrected chi connectivity index (χ0v) is 13.3. The van der Waals surface area contributed by atoms with Gasteiger partial charge in [-0.05, 0) is 30.2 Å². The summed E-state index contributed by atoms with van der Waals surface area (Å²) in [6, 6.07) is 13.5. The molecule has 0 saturated carbocycles. The van der Waals surface area contributed by atoms with E-state index in [0.717, 1.165) is 16.5 Å². The number of nitrogens with one attached hydrogen (secondary N) is 2. The van der Waals surface area contributed by atoms with Crippen LogP contribution in [0.3, 0.4) is 0 Å². The number of nitriles is 1. The van der Waals surface area contributed by atoms with Gasteiger partial charge in [-0.25, -0.2) is 0 Å². The average Bonchev–Trinajstić information content (AvgIpc) is 3.04. The third-order valence-electron chi connectivity index (χ3n) is 4.04. The maximum Gasteiger partial charge on any atom is 0.293 e. The van der Waals surface area contributed by atoms with Gasteiger partial charge < -0.3 is 15.4 Å². The molecule has 1 aromatic heterocycles. The molecule has 126 valence electrons. The number of aliphatic hydroxyl groups is 1. The average molecular weight is 336 g/mol. The lowest BCUT2D eigenvalue weighted by Crippen LogP contribution is -2.26. The third-order valence-corrected chi connectivity index (χ3v) is 4.04. The standard InChI is InChI=1S/C18H16N4O3/c19-9-12-5-6-17(18(7-12)22(24)25)21-14(11-23)8-13-10-20-16-4-2-1-3-15(13)16/h1-7,10,14,20-21,23H,8,11H2/t14-/m0/s1. The molecule has 3 aromatic rings. The molecule has 1 atom stereocenters. The Morgan fingerprint density at radius 1 is 1.32 bits per heavy atom. The smallest absolute Gasteiger partial charge is 0.293 e. The van der Waals surface area contributed by atoms with Crippen LogP contribution in [0.4, 0.5) is 11.4 Å².